The Bertz CT molecular complexity index is 356. The number of rotatable bonds is 5. The zero-order chi connectivity index (χ0) is 12.0. The summed E-state index contributed by atoms with van der Waals surface area (Å²) in [5, 5.41) is 4.01. The van der Waals surface area contributed by atoms with Gasteiger partial charge in [0, 0.05) is 33.1 Å². The highest BCUT2D eigenvalue weighted by Crippen LogP contribution is 2.13. The van der Waals surface area contributed by atoms with E-state index >= 15 is 0 Å². The van der Waals surface area contributed by atoms with Gasteiger partial charge in [0.05, 0.1) is 0 Å². The number of anilines is 1. The Hall–Kier alpha value is -1.30. The van der Waals surface area contributed by atoms with Crippen molar-refractivity contribution in [1.82, 2.24) is 14.9 Å². The van der Waals surface area contributed by atoms with Crippen molar-refractivity contribution in [3.05, 3.63) is 12.4 Å². The van der Waals surface area contributed by atoms with Crippen LogP contribution in [0.2, 0.25) is 0 Å². The van der Waals surface area contributed by atoms with Crippen LogP contribution in [0.25, 0.3) is 0 Å². The first kappa shape index (κ1) is 12.8. The molecule has 0 atom stereocenters. The first-order valence-electron chi connectivity index (χ1n) is 4.93. The number of amides is 1. The normalized spacial score (nSPS) is 9.94. The summed E-state index contributed by atoms with van der Waals surface area (Å²) in [6.07, 6.45) is 3.94. The van der Waals surface area contributed by atoms with Gasteiger partial charge in [-0.2, -0.15) is 0 Å². The predicted molar refractivity (Wildman–Crippen MR) is 65.6 cm³/mol. The standard InChI is InChI=1S/C10H16N4OS/c1-14(2)10(15)4-5-11-8-6-9(16-3)13-7-12-8/h6-7H,4-5H2,1-3H3,(H,11,12,13). The molecule has 6 heteroatoms. The van der Waals surface area contributed by atoms with Gasteiger partial charge in [0.1, 0.15) is 17.2 Å². The maximum absolute atomic E-state index is 11.3. The Morgan fingerprint density at radius 1 is 1.50 bits per heavy atom. The largest absolute Gasteiger partial charge is 0.369 e. The fourth-order valence-electron chi connectivity index (χ4n) is 1.07. The molecule has 0 saturated heterocycles. The highest BCUT2D eigenvalue weighted by Gasteiger charge is 2.03. The number of hydrogen-bond acceptors (Lipinski definition) is 5. The van der Waals surface area contributed by atoms with Crippen LogP contribution in [0.4, 0.5) is 5.82 Å². The van der Waals surface area contributed by atoms with Crippen molar-refractivity contribution in [1.29, 1.82) is 0 Å². The number of carbonyl (C=O) groups is 1. The fourth-order valence-corrected chi connectivity index (χ4v) is 1.45. The second kappa shape index (κ2) is 6.32. The highest BCUT2D eigenvalue weighted by molar-refractivity contribution is 7.98. The van der Waals surface area contributed by atoms with Crippen molar-refractivity contribution in [2.75, 3.05) is 32.2 Å². The predicted octanol–water partition coefficient (Wildman–Crippen LogP) is 1.09. The molecule has 0 aromatic carbocycles. The maximum atomic E-state index is 11.3. The second-order valence-corrected chi connectivity index (χ2v) is 4.24. The Labute approximate surface area is 99.7 Å². The molecule has 0 radical (unpaired) electrons. The second-order valence-electron chi connectivity index (χ2n) is 3.41. The van der Waals surface area contributed by atoms with Crippen LogP contribution >= 0.6 is 11.8 Å². The van der Waals surface area contributed by atoms with Crippen LogP contribution < -0.4 is 5.32 Å². The average Bonchev–Trinajstić information content (AvgIpc) is 2.29. The highest BCUT2D eigenvalue weighted by atomic mass is 32.2. The Morgan fingerprint density at radius 2 is 2.25 bits per heavy atom. The molecule has 88 valence electrons. The average molecular weight is 240 g/mol. The number of thioether (sulfide) groups is 1. The summed E-state index contributed by atoms with van der Waals surface area (Å²) in [5.41, 5.74) is 0. The molecule has 0 bridgehead atoms. The van der Waals surface area contributed by atoms with Crippen molar-refractivity contribution in [3.63, 3.8) is 0 Å². The third-order valence-corrected chi connectivity index (χ3v) is 2.64. The van der Waals surface area contributed by atoms with Gasteiger partial charge in [-0.1, -0.05) is 0 Å². The van der Waals surface area contributed by atoms with E-state index in [9.17, 15) is 4.79 Å². The van der Waals surface area contributed by atoms with Gasteiger partial charge in [-0.25, -0.2) is 9.97 Å². The topological polar surface area (TPSA) is 58.1 Å². The molecule has 0 aliphatic carbocycles. The van der Waals surface area contributed by atoms with Gasteiger partial charge in [0.2, 0.25) is 5.91 Å². The quantitative estimate of drug-likeness (QED) is 0.616. The van der Waals surface area contributed by atoms with Crippen LogP contribution in [0.5, 0.6) is 0 Å². The number of carbonyl (C=O) groups excluding carboxylic acids is 1. The summed E-state index contributed by atoms with van der Waals surface area (Å²) in [7, 11) is 3.50. The molecule has 1 rings (SSSR count). The summed E-state index contributed by atoms with van der Waals surface area (Å²) in [4.78, 5) is 21.0. The van der Waals surface area contributed by atoms with Gasteiger partial charge >= 0.3 is 0 Å². The minimum atomic E-state index is 0.103. The maximum Gasteiger partial charge on any atom is 0.223 e. The molecule has 1 heterocycles. The summed E-state index contributed by atoms with van der Waals surface area (Å²) in [6.45, 7) is 0.585. The molecule has 0 unspecified atom stereocenters. The smallest absolute Gasteiger partial charge is 0.223 e. The number of nitrogens with one attached hydrogen (secondary N) is 1. The lowest BCUT2D eigenvalue weighted by Crippen LogP contribution is -2.24. The molecule has 16 heavy (non-hydrogen) atoms. The molecule has 5 nitrogen and oxygen atoms in total. The number of hydrogen-bond donors (Lipinski definition) is 1. The third-order valence-electron chi connectivity index (χ3n) is 1.99. The molecular formula is C10H16N4OS. The minimum absolute atomic E-state index is 0.103. The first-order valence-corrected chi connectivity index (χ1v) is 6.16. The van der Waals surface area contributed by atoms with Crippen LogP contribution in [0.1, 0.15) is 6.42 Å². The summed E-state index contributed by atoms with van der Waals surface area (Å²) in [5.74, 6) is 0.859. The Balaban J connectivity index is 2.40. The lowest BCUT2D eigenvalue weighted by molar-refractivity contribution is -0.128. The van der Waals surface area contributed by atoms with Crippen LogP contribution in [0, 0.1) is 0 Å². The first-order chi connectivity index (χ1) is 7.63. The summed E-state index contributed by atoms with van der Waals surface area (Å²) < 4.78 is 0. The van der Waals surface area contributed by atoms with Crippen LogP contribution in [-0.4, -0.2) is 47.7 Å². The molecule has 1 N–H and O–H groups in total. The lowest BCUT2D eigenvalue weighted by Gasteiger charge is -2.10. The van der Waals surface area contributed by atoms with Gasteiger partial charge in [-0.3, -0.25) is 4.79 Å². The van der Waals surface area contributed by atoms with Gasteiger partial charge < -0.3 is 10.2 Å². The molecule has 1 amide bonds. The minimum Gasteiger partial charge on any atom is -0.369 e. The van der Waals surface area contributed by atoms with Crippen molar-refractivity contribution in [2.45, 2.75) is 11.4 Å². The van der Waals surface area contributed by atoms with Crippen LogP contribution in [0.3, 0.4) is 0 Å². The molecular weight excluding hydrogens is 224 g/mol. The van der Waals surface area contributed by atoms with Gasteiger partial charge in [-0.15, -0.1) is 11.8 Å². The van der Waals surface area contributed by atoms with Crippen molar-refractivity contribution in [3.8, 4) is 0 Å². The molecule has 0 spiro atoms. The zero-order valence-electron chi connectivity index (χ0n) is 9.73. The van der Waals surface area contributed by atoms with Crippen molar-refractivity contribution in [2.24, 2.45) is 0 Å². The Morgan fingerprint density at radius 3 is 2.88 bits per heavy atom. The van der Waals surface area contributed by atoms with E-state index in [1.165, 1.54) is 6.33 Å². The molecule has 0 fully saturated rings. The van der Waals surface area contributed by atoms with Gasteiger partial charge in [0.25, 0.3) is 0 Å². The van der Waals surface area contributed by atoms with E-state index in [1.807, 2.05) is 12.3 Å². The summed E-state index contributed by atoms with van der Waals surface area (Å²) in [6, 6.07) is 1.87. The van der Waals surface area contributed by atoms with Crippen molar-refractivity contribution >= 4 is 23.5 Å². The molecule has 0 aliphatic rings. The van der Waals surface area contributed by atoms with E-state index < -0.39 is 0 Å². The monoisotopic (exact) mass is 240 g/mol. The summed E-state index contributed by atoms with van der Waals surface area (Å²) >= 11 is 1.56. The molecule has 0 saturated carbocycles. The van der Waals surface area contributed by atoms with Crippen LogP contribution in [-0.2, 0) is 4.79 Å². The number of aromatic nitrogens is 2. The fraction of sp³-hybridized carbons (Fsp3) is 0.500. The molecule has 1 aromatic heterocycles. The Kier molecular flexibility index (Phi) is 5.04. The SMILES string of the molecule is CSc1cc(NCCC(=O)N(C)C)ncn1. The van der Waals surface area contributed by atoms with Crippen LogP contribution in [0.15, 0.2) is 17.4 Å². The van der Waals surface area contributed by atoms with E-state index in [-0.39, 0.29) is 5.91 Å². The van der Waals surface area contributed by atoms with Gasteiger partial charge in [-0.05, 0) is 6.26 Å². The number of nitrogens with zero attached hydrogens (tertiary/aromatic N) is 3. The molecule has 1 aromatic rings. The van der Waals surface area contributed by atoms with E-state index in [0.29, 0.717) is 13.0 Å². The van der Waals surface area contributed by atoms with E-state index in [2.05, 4.69) is 15.3 Å². The zero-order valence-corrected chi connectivity index (χ0v) is 10.5. The van der Waals surface area contributed by atoms with E-state index in [4.69, 9.17) is 0 Å². The lowest BCUT2D eigenvalue weighted by atomic mass is 10.4. The van der Waals surface area contributed by atoms with E-state index in [0.717, 1.165) is 10.8 Å². The third kappa shape index (κ3) is 4.06. The van der Waals surface area contributed by atoms with E-state index in [1.54, 1.807) is 30.8 Å². The molecule has 0 aliphatic heterocycles. The van der Waals surface area contributed by atoms with Crippen molar-refractivity contribution < 1.29 is 4.79 Å². The van der Waals surface area contributed by atoms with Gasteiger partial charge in [0.15, 0.2) is 0 Å².